The third kappa shape index (κ3) is 5.03. The van der Waals surface area contributed by atoms with Gasteiger partial charge < -0.3 is 14.7 Å². The summed E-state index contributed by atoms with van der Waals surface area (Å²) in [5.41, 5.74) is 0.969. The van der Waals surface area contributed by atoms with Crippen molar-refractivity contribution in [1.82, 2.24) is 14.1 Å². The predicted octanol–water partition coefficient (Wildman–Crippen LogP) is 4.33. The summed E-state index contributed by atoms with van der Waals surface area (Å²) >= 11 is 0. The van der Waals surface area contributed by atoms with Gasteiger partial charge in [-0.3, -0.25) is 9.59 Å². The maximum atomic E-state index is 14.1. The lowest BCUT2D eigenvalue weighted by Crippen LogP contribution is -2.57. The van der Waals surface area contributed by atoms with Crippen molar-refractivity contribution in [3.8, 4) is 0 Å². The van der Waals surface area contributed by atoms with Gasteiger partial charge in [0, 0.05) is 37.8 Å². The maximum absolute atomic E-state index is 14.1. The van der Waals surface area contributed by atoms with Gasteiger partial charge in [-0.25, -0.2) is 8.42 Å². The largest absolute Gasteiger partial charge is 0.340 e. The molecule has 4 aromatic rings. The summed E-state index contributed by atoms with van der Waals surface area (Å²) in [6, 6.07) is 32.2. The number of carbonyl (C=O) groups excluding carboxylic acids is 2. The van der Waals surface area contributed by atoms with Gasteiger partial charge in [0.2, 0.25) is 21.8 Å². The first-order valence-electron chi connectivity index (χ1n) is 14.2. The van der Waals surface area contributed by atoms with Crippen LogP contribution in [0.3, 0.4) is 0 Å². The molecule has 2 fully saturated rings. The van der Waals surface area contributed by atoms with Gasteiger partial charge in [-0.05, 0) is 42.0 Å². The Bertz CT molecular complexity index is 1700. The van der Waals surface area contributed by atoms with E-state index in [0.29, 0.717) is 24.8 Å². The van der Waals surface area contributed by atoms with Crippen molar-refractivity contribution in [3.63, 3.8) is 0 Å². The molecule has 2 saturated heterocycles. The molecule has 8 nitrogen and oxygen atoms in total. The Kier molecular flexibility index (Phi) is 7.47. The summed E-state index contributed by atoms with van der Waals surface area (Å²) in [6.07, 6.45) is 0.657. The molecule has 216 valence electrons. The van der Waals surface area contributed by atoms with E-state index in [2.05, 4.69) is 4.90 Å². The highest BCUT2D eigenvalue weighted by molar-refractivity contribution is 7.89. The fourth-order valence-corrected chi connectivity index (χ4v) is 7.86. The average Bonchev–Trinajstić information content (AvgIpc) is 3.28. The van der Waals surface area contributed by atoms with Crippen molar-refractivity contribution in [3.05, 3.63) is 109 Å². The summed E-state index contributed by atoms with van der Waals surface area (Å²) in [4.78, 5) is 33.0. The van der Waals surface area contributed by atoms with Gasteiger partial charge in [0.25, 0.3) is 0 Å². The Morgan fingerprint density at radius 1 is 0.833 bits per heavy atom. The standard InChI is InChI=1S/C33H34N4O4S/c1-34(23-26-11-4-2-5-12-26)31(38)24-35-25-37(28-15-6-3-7-16-28)33(32(35)39)19-21-36(22-20-33)42(40,41)30-18-10-14-27-13-8-9-17-29(27)30/h2-18H,19-25H2,1H3. The van der Waals surface area contributed by atoms with Gasteiger partial charge in [-0.2, -0.15) is 4.31 Å². The van der Waals surface area contributed by atoms with Crippen LogP contribution in [0.2, 0.25) is 0 Å². The Labute approximate surface area is 246 Å². The second kappa shape index (κ2) is 11.2. The third-order valence-corrected chi connectivity index (χ3v) is 10.5. The molecule has 0 atom stereocenters. The number of carbonyl (C=O) groups is 2. The van der Waals surface area contributed by atoms with Crippen LogP contribution in [0.25, 0.3) is 10.8 Å². The van der Waals surface area contributed by atoms with Gasteiger partial charge >= 0.3 is 0 Å². The van der Waals surface area contributed by atoms with E-state index in [1.165, 1.54) is 4.31 Å². The second-order valence-corrected chi connectivity index (χ2v) is 13.0. The number of hydrogen-bond acceptors (Lipinski definition) is 5. The fraction of sp³-hybridized carbons (Fsp3) is 0.273. The zero-order chi connectivity index (χ0) is 29.3. The lowest BCUT2D eigenvalue weighted by atomic mass is 9.86. The number of rotatable bonds is 7. The van der Waals surface area contributed by atoms with Crippen LogP contribution in [0.4, 0.5) is 5.69 Å². The van der Waals surface area contributed by atoms with E-state index in [-0.39, 0.29) is 43.0 Å². The number of para-hydroxylation sites is 1. The summed E-state index contributed by atoms with van der Waals surface area (Å²) in [6.45, 7) is 1.10. The normalized spacial score (nSPS) is 17.2. The van der Waals surface area contributed by atoms with Crippen molar-refractivity contribution >= 4 is 38.3 Å². The van der Waals surface area contributed by atoms with Crippen molar-refractivity contribution in [2.75, 3.05) is 38.3 Å². The highest BCUT2D eigenvalue weighted by Crippen LogP contribution is 2.41. The lowest BCUT2D eigenvalue weighted by molar-refractivity contribution is -0.140. The number of piperidine rings is 1. The fourth-order valence-electron chi connectivity index (χ4n) is 6.21. The second-order valence-electron chi connectivity index (χ2n) is 11.1. The van der Waals surface area contributed by atoms with Crippen LogP contribution in [0.15, 0.2) is 108 Å². The molecule has 0 saturated carbocycles. The minimum absolute atomic E-state index is 0.0364. The Hall–Kier alpha value is -4.21. The number of sulfonamides is 1. The zero-order valence-electron chi connectivity index (χ0n) is 23.6. The maximum Gasteiger partial charge on any atom is 0.250 e. The number of anilines is 1. The molecule has 1 spiro atoms. The molecule has 0 bridgehead atoms. The van der Waals surface area contributed by atoms with E-state index in [1.807, 2.05) is 91.0 Å². The van der Waals surface area contributed by atoms with Crippen LogP contribution in [-0.2, 0) is 26.2 Å². The topological polar surface area (TPSA) is 81.2 Å². The summed E-state index contributed by atoms with van der Waals surface area (Å²) in [5.74, 6) is -0.275. The molecule has 0 unspecified atom stereocenters. The van der Waals surface area contributed by atoms with Crippen LogP contribution in [-0.4, -0.2) is 73.2 Å². The number of likely N-dealkylation sites (N-methyl/N-ethyl adjacent to an activating group) is 1. The molecule has 0 radical (unpaired) electrons. The molecule has 2 aliphatic heterocycles. The lowest BCUT2D eigenvalue weighted by Gasteiger charge is -2.42. The highest BCUT2D eigenvalue weighted by Gasteiger charge is 2.55. The highest BCUT2D eigenvalue weighted by atomic mass is 32.2. The third-order valence-electron chi connectivity index (χ3n) is 8.51. The number of hydrogen-bond donors (Lipinski definition) is 0. The van der Waals surface area contributed by atoms with Crippen molar-refractivity contribution < 1.29 is 18.0 Å². The molecular formula is C33H34N4O4S. The molecule has 42 heavy (non-hydrogen) atoms. The van der Waals surface area contributed by atoms with Crippen LogP contribution >= 0.6 is 0 Å². The van der Waals surface area contributed by atoms with E-state index in [1.54, 1.807) is 29.0 Å². The van der Waals surface area contributed by atoms with Gasteiger partial charge in [0.1, 0.15) is 12.1 Å². The van der Waals surface area contributed by atoms with Gasteiger partial charge in [-0.1, -0.05) is 84.9 Å². The minimum atomic E-state index is -3.78. The number of nitrogens with zero attached hydrogens (tertiary/aromatic N) is 4. The smallest absolute Gasteiger partial charge is 0.250 e. The van der Waals surface area contributed by atoms with Crippen LogP contribution < -0.4 is 4.90 Å². The predicted molar refractivity (Wildman–Crippen MR) is 163 cm³/mol. The summed E-state index contributed by atoms with van der Waals surface area (Å²) in [7, 11) is -2.03. The first-order valence-corrected chi connectivity index (χ1v) is 15.6. The zero-order valence-corrected chi connectivity index (χ0v) is 24.4. The number of amides is 2. The summed E-state index contributed by atoms with van der Waals surface area (Å²) < 4.78 is 29.2. The van der Waals surface area contributed by atoms with Crippen LogP contribution in [0, 0.1) is 0 Å². The van der Waals surface area contributed by atoms with Crippen LogP contribution in [0.1, 0.15) is 18.4 Å². The number of fused-ring (bicyclic) bond motifs is 1. The molecule has 0 aliphatic carbocycles. The van der Waals surface area contributed by atoms with Crippen molar-refractivity contribution in [2.24, 2.45) is 0 Å². The van der Waals surface area contributed by atoms with Crippen LogP contribution in [0.5, 0.6) is 0 Å². The Balaban J connectivity index is 1.23. The molecular weight excluding hydrogens is 548 g/mol. The Morgan fingerprint density at radius 3 is 2.17 bits per heavy atom. The molecule has 0 aromatic heterocycles. The quantitative estimate of drug-likeness (QED) is 0.324. The first kappa shape index (κ1) is 27.9. The molecule has 4 aromatic carbocycles. The molecule has 2 aliphatic rings. The van der Waals surface area contributed by atoms with Crippen molar-refractivity contribution in [1.29, 1.82) is 0 Å². The monoisotopic (exact) mass is 582 g/mol. The van der Waals surface area contributed by atoms with Gasteiger partial charge in [0.05, 0.1) is 11.6 Å². The molecule has 9 heteroatoms. The van der Waals surface area contributed by atoms with Gasteiger partial charge in [-0.15, -0.1) is 0 Å². The average molecular weight is 583 g/mol. The minimum Gasteiger partial charge on any atom is -0.340 e. The van der Waals surface area contributed by atoms with Crippen molar-refractivity contribution in [2.45, 2.75) is 29.8 Å². The molecule has 0 N–H and O–H groups in total. The first-order chi connectivity index (χ1) is 20.3. The van der Waals surface area contributed by atoms with E-state index < -0.39 is 15.6 Å². The summed E-state index contributed by atoms with van der Waals surface area (Å²) in [5, 5.41) is 1.55. The van der Waals surface area contributed by atoms with E-state index in [9.17, 15) is 18.0 Å². The van der Waals surface area contributed by atoms with E-state index >= 15 is 0 Å². The molecule has 6 rings (SSSR count). The Morgan fingerprint density at radius 2 is 1.45 bits per heavy atom. The SMILES string of the molecule is CN(Cc1ccccc1)C(=O)CN1CN(c2ccccc2)C2(CCN(S(=O)(=O)c3cccc4ccccc34)CC2)C1=O. The molecule has 2 heterocycles. The number of benzene rings is 4. The van der Waals surface area contributed by atoms with Gasteiger partial charge in [0.15, 0.2) is 0 Å². The molecule has 2 amide bonds. The van der Waals surface area contributed by atoms with E-state index in [0.717, 1.165) is 16.6 Å². The van der Waals surface area contributed by atoms with E-state index in [4.69, 9.17) is 0 Å².